The number of H-pyrrole nitrogens is 1. The highest BCUT2D eigenvalue weighted by atomic mass is 16.5. The molecule has 94 valence electrons. The van der Waals surface area contributed by atoms with Gasteiger partial charge in [-0.25, -0.2) is 0 Å². The van der Waals surface area contributed by atoms with Gasteiger partial charge in [0, 0.05) is 36.4 Å². The third-order valence-corrected chi connectivity index (χ3v) is 4.54. The van der Waals surface area contributed by atoms with Gasteiger partial charge in [0.15, 0.2) is 0 Å². The van der Waals surface area contributed by atoms with Crippen molar-refractivity contribution in [1.29, 1.82) is 0 Å². The Labute approximate surface area is 102 Å². The number of aromatic amines is 1. The van der Waals surface area contributed by atoms with E-state index in [0.29, 0.717) is 17.6 Å². The van der Waals surface area contributed by atoms with E-state index in [9.17, 15) is 0 Å². The van der Waals surface area contributed by atoms with Gasteiger partial charge in [0.05, 0.1) is 12.3 Å². The minimum Gasteiger partial charge on any atom is -0.378 e. The average Bonchev–Trinajstić information content (AvgIpc) is 2.72. The molecule has 1 aromatic rings. The Bertz CT molecular complexity index is 359. The van der Waals surface area contributed by atoms with E-state index in [1.807, 2.05) is 12.4 Å². The molecular formula is C13H21N3O. The van der Waals surface area contributed by atoms with Gasteiger partial charge in [0.25, 0.3) is 0 Å². The number of nitrogens with one attached hydrogen (secondary N) is 2. The fourth-order valence-corrected chi connectivity index (χ4v) is 3.34. The predicted octanol–water partition coefficient (Wildman–Crippen LogP) is 1.85. The molecule has 0 amide bonds. The molecule has 1 aromatic heterocycles. The molecule has 0 radical (unpaired) electrons. The number of hydrogen-bond acceptors (Lipinski definition) is 3. The highest BCUT2D eigenvalue weighted by molar-refractivity contribution is 5.13. The van der Waals surface area contributed by atoms with Gasteiger partial charge in [-0.15, -0.1) is 0 Å². The minimum atomic E-state index is 0.458. The molecule has 2 N–H and O–H groups in total. The number of nitrogens with zero attached hydrogens (tertiary/aromatic N) is 1. The normalized spacial score (nSPS) is 29.9. The molecule has 2 fully saturated rings. The van der Waals surface area contributed by atoms with E-state index in [1.54, 1.807) is 0 Å². The monoisotopic (exact) mass is 235 g/mol. The Balaban J connectivity index is 1.55. The molecule has 2 aliphatic carbocycles. The summed E-state index contributed by atoms with van der Waals surface area (Å²) in [6.45, 7) is 3.86. The zero-order chi connectivity index (χ0) is 11.7. The smallest absolute Gasteiger partial charge is 0.0661 e. The van der Waals surface area contributed by atoms with Gasteiger partial charge in [0.1, 0.15) is 0 Å². The standard InChI is InChI=1S/C13H21N3O/c1-2-17-12-6-11(13(12)4-3-5-13)14-7-10-8-15-16-9-10/h8-9,11-12,14H,2-7H2,1H3,(H,15,16). The maximum Gasteiger partial charge on any atom is 0.0661 e. The first-order chi connectivity index (χ1) is 8.35. The fourth-order valence-electron chi connectivity index (χ4n) is 3.34. The molecular weight excluding hydrogens is 214 g/mol. The summed E-state index contributed by atoms with van der Waals surface area (Å²) in [7, 11) is 0. The van der Waals surface area contributed by atoms with Crippen LogP contribution in [0, 0.1) is 5.41 Å². The largest absolute Gasteiger partial charge is 0.378 e. The van der Waals surface area contributed by atoms with Crippen LogP contribution in [-0.2, 0) is 11.3 Å². The van der Waals surface area contributed by atoms with E-state index in [-0.39, 0.29) is 0 Å². The zero-order valence-electron chi connectivity index (χ0n) is 10.4. The first-order valence-corrected chi connectivity index (χ1v) is 6.68. The van der Waals surface area contributed by atoms with Gasteiger partial charge in [-0.05, 0) is 26.2 Å². The lowest BCUT2D eigenvalue weighted by atomic mass is 9.51. The maximum atomic E-state index is 5.84. The van der Waals surface area contributed by atoms with Gasteiger partial charge >= 0.3 is 0 Å². The van der Waals surface area contributed by atoms with E-state index < -0.39 is 0 Å². The summed E-state index contributed by atoms with van der Waals surface area (Å²) < 4.78 is 5.84. The molecule has 1 spiro atoms. The zero-order valence-corrected chi connectivity index (χ0v) is 10.4. The van der Waals surface area contributed by atoms with Gasteiger partial charge in [-0.1, -0.05) is 6.42 Å². The SMILES string of the molecule is CCOC1CC(NCc2cn[nH]c2)C12CCC2. The summed E-state index contributed by atoms with van der Waals surface area (Å²) in [5.74, 6) is 0. The lowest BCUT2D eigenvalue weighted by Gasteiger charge is -2.61. The summed E-state index contributed by atoms with van der Waals surface area (Å²) in [4.78, 5) is 0. The number of rotatable bonds is 5. The Morgan fingerprint density at radius 3 is 3.06 bits per heavy atom. The molecule has 0 bridgehead atoms. The van der Waals surface area contributed by atoms with Crippen molar-refractivity contribution < 1.29 is 4.74 Å². The van der Waals surface area contributed by atoms with Crippen LogP contribution in [0.15, 0.2) is 12.4 Å². The van der Waals surface area contributed by atoms with E-state index >= 15 is 0 Å². The highest BCUT2D eigenvalue weighted by Gasteiger charge is 2.58. The van der Waals surface area contributed by atoms with Crippen LogP contribution in [0.25, 0.3) is 0 Å². The number of hydrogen-bond donors (Lipinski definition) is 2. The average molecular weight is 235 g/mol. The van der Waals surface area contributed by atoms with E-state index in [1.165, 1.54) is 31.2 Å². The summed E-state index contributed by atoms with van der Waals surface area (Å²) >= 11 is 0. The number of ether oxygens (including phenoxy) is 1. The van der Waals surface area contributed by atoms with Crippen LogP contribution in [0.4, 0.5) is 0 Å². The topological polar surface area (TPSA) is 49.9 Å². The molecule has 4 heteroatoms. The van der Waals surface area contributed by atoms with Crippen LogP contribution in [0.3, 0.4) is 0 Å². The summed E-state index contributed by atoms with van der Waals surface area (Å²) in [6, 6.07) is 0.641. The van der Waals surface area contributed by atoms with E-state index in [4.69, 9.17) is 4.74 Å². The second-order valence-electron chi connectivity index (χ2n) is 5.31. The van der Waals surface area contributed by atoms with Crippen LogP contribution in [-0.4, -0.2) is 29.0 Å². The summed E-state index contributed by atoms with van der Waals surface area (Å²) in [5, 5.41) is 10.5. The van der Waals surface area contributed by atoms with Crippen LogP contribution < -0.4 is 5.32 Å². The lowest BCUT2D eigenvalue weighted by Crippen LogP contribution is -2.66. The van der Waals surface area contributed by atoms with Crippen LogP contribution >= 0.6 is 0 Å². The van der Waals surface area contributed by atoms with Crippen molar-refractivity contribution >= 4 is 0 Å². The van der Waals surface area contributed by atoms with Crippen LogP contribution in [0.2, 0.25) is 0 Å². The molecule has 0 aromatic carbocycles. The summed E-state index contributed by atoms with van der Waals surface area (Å²) in [5.41, 5.74) is 1.69. The van der Waals surface area contributed by atoms with Crippen LogP contribution in [0.5, 0.6) is 0 Å². The van der Waals surface area contributed by atoms with Crippen molar-refractivity contribution in [3.63, 3.8) is 0 Å². The molecule has 0 aliphatic heterocycles. The second kappa shape index (κ2) is 4.42. The molecule has 2 atom stereocenters. The quantitative estimate of drug-likeness (QED) is 0.819. The molecule has 4 nitrogen and oxygen atoms in total. The molecule has 2 saturated carbocycles. The number of aromatic nitrogens is 2. The third-order valence-electron chi connectivity index (χ3n) is 4.54. The molecule has 2 unspecified atom stereocenters. The molecule has 2 aliphatic rings. The Hall–Kier alpha value is -0.870. The van der Waals surface area contributed by atoms with Crippen molar-refractivity contribution in [3.05, 3.63) is 18.0 Å². The Morgan fingerprint density at radius 1 is 1.59 bits per heavy atom. The maximum absolute atomic E-state index is 5.84. The first kappa shape index (κ1) is 11.2. The van der Waals surface area contributed by atoms with Gasteiger partial charge in [-0.3, -0.25) is 5.10 Å². The van der Waals surface area contributed by atoms with Crippen molar-refractivity contribution in [3.8, 4) is 0 Å². The van der Waals surface area contributed by atoms with Gasteiger partial charge in [-0.2, -0.15) is 5.10 Å². The van der Waals surface area contributed by atoms with E-state index in [2.05, 4.69) is 22.4 Å². The molecule has 1 heterocycles. The second-order valence-corrected chi connectivity index (χ2v) is 5.31. The summed E-state index contributed by atoms with van der Waals surface area (Å²) in [6.07, 6.45) is 9.56. The Morgan fingerprint density at radius 2 is 2.47 bits per heavy atom. The van der Waals surface area contributed by atoms with Crippen molar-refractivity contribution in [1.82, 2.24) is 15.5 Å². The molecule has 0 saturated heterocycles. The van der Waals surface area contributed by atoms with Crippen molar-refractivity contribution in [2.24, 2.45) is 5.41 Å². The van der Waals surface area contributed by atoms with Gasteiger partial charge in [0.2, 0.25) is 0 Å². The molecule has 3 rings (SSSR count). The predicted molar refractivity (Wildman–Crippen MR) is 65.5 cm³/mol. The van der Waals surface area contributed by atoms with Crippen molar-refractivity contribution in [2.45, 2.75) is 51.3 Å². The molecule has 17 heavy (non-hydrogen) atoms. The fraction of sp³-hybridized carbons (Fsp3) is 0.769. The van der Waals surface area contributed by atoms with Crippen LogP contribution in [0.1, 0.15) is 38.2 Å². The van der Waals surface area contributed by atoms with E-state index in [0.717, 1.165) is 13.2 Å². The first-order valence-electron chi connectivity index (χ1n) is 6.68. The van der Waals surface area contributed by atoms with Gasteiger partial charge < -0.3 is 10.1 Å². The third kappa shape index (κ3) is 1.79. The lowest BCUT2D eigenvalue weighted by molar-refractivity contribution is -0.173. The van der Waals surface area contributed by atoms with Crippen molar-refractivity contribution in [2.75, 3.05) is 6.61 Å². The Kier molecular flexibility index (Phi) is 2.92. The minimum absolute atomic E-state index is 0.458. The highest BCUT2D eigenvalue weighted by Crippen LogP contribution is 2.57.